The molecule has 26 heavy (non-hydrogen) atoms. The van der Waals surface area contributed by atoms with Crippen LogP contribution >= 0.6 is 0 Å². The molecule has 2 aromatic rings. The van der Waals surface area contributed by atoms with Crippen LogP contribution in [0.15, 0.2) is 35.5 Å². The quantitative estimate of drug-likeness (QED) is 0.879. The molecule has 8 nitrogen and oxygen atoms in total. The fraction of sp³-hybridized carbons (Fsp3) is 0.278. The largest absolute Gasteiger partial charge is 0.497 e. The van der Waals surface area contributed by atoms with Crippen molar-refractivity contribution in [3.8, 4) is 11.8 Å². The molecule has 1 aromatic carbocycles. The molecular formula is C18H17N5O3. The van der Waals surface area contributed by atoms with Crippen LogP contribution in [0.1, 0.15) is 34.0 Å². The Morgan fingerprint density at radius 3 is 2.81 bits per heavy atom. The maximum absolute atomic E-state index is 12.4. The molecule has 132 valence electrons. The van der Waals surface area contributed by atoms with Gasteiger partial charge in [0.05, 0.1) is 12.8 Å². The van der Waals surface area contributed by atoms with E-state index in [1.807, 2.05) is 30.3 Å². The molecule has 1 amide bonds. The third kappa shape index (κ3) is 3.95. The third-order valence-corrected chi connectivity index (χ3v) is 3.79. The van der Waals surface area contributed by atoms with Gasteiger partial charge in [-0.1, -0.05) is 17.3 Å². The molecule has 0 bridgehead atoms. The summed E-state index contributed by atoms with van der Waals surface area (Å²) in [5, 5.41) is 15.6. The first kappa shape index (κ1) is 17.4. The highest BCUT2D eigenvalue weighted by atomic mass is 16.6. The zero-order chi connectivity index (χ0) is 18.5. The number of nitriles is 1. The van der Waals surface area contributed by atoms with Crippen LogP contribution in [0.5, 0.6) is 5.75 Å². The lowest BCUT2D eigenvalue weighted by Gasteiger charge is -2.08. The summed E-state index contributed by atoms with van der Waals surface area (Å²) in [5.74, 6) is 0.885. The van der Waals surface area contributed by atoms with E-state index in [0.29, 0.717) is 30.2 Å². The van der Waals surface area contributed by atoms with Crippen LogP contribution in [0.25, 0.3) is 0 Å². The number of oxime groups is 1. The van der Waals surface area contributed by atoms with Gasteiger partial charge in [0, 0.05) is 13.0 Å². The summed E-state index contributed by atoms with van der Waals surface area (Å²) >= 11 is 0. The first-order valence-corrected chi connectivity index (χ1v) is 7.98. The fourth-order valence-electron chi connectivity index (χ4n) is 2.45. The zero-order valence-electron chi connectivity index (χ0n) is 14.4. The van der Waals surface area contributed by atoms with Gasteiger partial charge in [-0.2, -0.15) is 5.26 Å². The number of aryl methyl sites for hydroxylation is 1. The van der Waals surface area contributed by atoms with Crippen molar-refractivity contribution in [2.45, 2.75) is 26.0 Å². The van der Waals surface area contributed by atoms with Gasteiger partial charge in [-0.25, -0.2) is 9.97 Å². The number of hydrogen-bond donors (Lipinski definition) is 1. The van der Waals surface area contributed by atoms with Crippen LogP contribution in [0.3, 0.4) is 0 Å². The summed E-state index contributed by atoms with van der Waals surface area (Å²) in [6.45, 7) is 2.06. The van der Waals surface area contributed by atoms with Crippen molar-refractivity contribution < 1.29 is 14.4 Å². The van der Waals surface area contributed by atoms with Crippen LogP contribution in [-0.2, 0) is 11.4 Å². The van der Waals surface area contributed by atoms with E-state index in [9.17, 15) is 4.79 Å². The first-order valence-electron chi connectivity index (χ1n) is 7.98. The minimum atomic E-state index is -0.618. The normalized spacial score (nSPS) is 15.6. The van der Waals surface area contributed by atoms with Gasteiger partial charge >= 0.3 is 0 Å². The van der Waals surface area contributed by atoms with E-state index >= 15 is 0 Å². The van der Waals surface area contributed by atoms with Gasteiger partial charge in [0.25, 0.3) is 5.91 Å². The summed E-state index contributed by atoms with van der Waals surface area (Å²) in [5.41, 5.74) is 2.20. The molecule has 3 rings (SSSR count). The van der Waals surface area contributed by atoms with Crippen LogP contribution in [0.2, 0.25) is 0 Å². The van der Waals surface area contributed by atoms with E-state index in [2.05, 4.69) is 20.4 Å². The second-order valence-corrected chi connectivity index (χ2v) is 5.68. The molecule has 8 heteroatoms. The number of nitrogens with one attached hydrogen (secondary N) is 1. The summed E-state index contributed by atoms with van der Waals surface area (Å²) < 4.78 is 5.11. The van der Waals surface area contributed by atoms with Gasteiger partial charge in [-0.05, 0) is 30.7 Å². The smallest absolute Gasteiger partial charge is 0.270 e. The molecule has 0 spiro atoms. The number of nitrogens with zero attached hydrogens (tertiary/aromatic N) is 4. The minimum Gasteiger partial charge on any atom is -0.497 e. The molecule has 1 unspecified atom stereocenters. The monoisotopic (exact) mass is 351 g/mol. The standard InChI is InChI=1S/C18H17N5O3/c1-11-21-15(16-7-14(9-19)26-23-16)8-17(22-11)18(24)20-10-12-3-5-13(25-2)6-4-12/h3-6,8,14H,7,10H2,1-2H3,(H,20,24). The molecule has 1 aliphatic rings. The summed E-state index contributed by atoms with van der Waals surface area (Å²) in [6.07, 6.45) is -0.285. The molecule has 0 aliphatic carbocycles. The Hall–Kier alpha value is -3.47. The summed E-state index contributed by atoms with van der Waals surface area (Å²) in [6, 6.07) is 11.0. The number of ether oxygens (including phenoxy) is 1. The molecule has 0 saturated heterocycles. The number of carbonyl (C=O) groups is 1. The van der Waals surface area contributed by atoms with E-state index in [1.54, 1.807) is 20.1 Å². The Labute approximate surface area is 150 Å². The van der Waals surface area contributed by atoms with Crippen LogP contribution < -0.4 is 10.1 Å². The lowest BCUT2D eigenvalue weighted by molar-refractivity contribution is 0.0945. The van der Waals surface area contributed by atoms with Gasteiger partial charge in [0.2, 0.25) is 6.10 Å². The number of methoxy groups -OCH3 is 1. The minimum absolute atomic E-state index is 0.240. The lowest BCUT2D eigenvalue weighted by Crippen LogP contribution is -2.25. The predicted octanol–water partition coefficient (Wildman–Crippen LogP) is 1.74. The Morgan fingerprint density at radius 1 is 1.38 bits per heavy atom. The Kier molecular flexibility index (Phi) is 5.08. The molecule has 0 radical (unpaired) electrons. The summed E-state index contributed by atoms with van der Waals surface area (Å²) in [7, 11) is 1.60. The van der Waals surface area contributed by atoms with E-state index in [4.69, 9.17) is 14.8 Å². The van der Waals surface area contributed by atoms with Gasteiger partial charge < -0.3 is 14.9 Å². The topological polar surface area (TPSA) is 109 Å². The fourth-order valence-corrected chi connectivity index (χ4v) is 2.45. The molecular weight excluding hydrogens is 334 g/mol. The number of amides is 1. The number of carbonyl (C=O) groups excluding carboxylic acids is 1. The maximum Gasteiger partial charge on any atom is 0.270 e. The Bertz CT molecular complexity index is 887. The number of hydrogen-bond acceptors (Lipinski definition) is 7. The highest BCUT2D eigenvalue weighted by molar-refractivity contribution is 6.02. The average Bonchev–Trinajstić information content (AvgIpc) is 3.15. The second kappa shape index (κ2) is 7.61. The molecule has 1 aliphatic heterocycles. The average molecular weight is 351 g/mol. The highest BCUT2D eigenvalue weighted by Crippen LogP contribution is 2.16. The predicted molar refractivity (Wildman–Crippen MR) is 92.6 cm³/mol. The van der Waals surface area contributed by atoms with Gasteiger partial charge in [-0.15, -0.1) is 0 Å². The van der Waals surface area contributed by atoms with Gasteiger partial charge in [0.1, 0.15) is 29.0 Å². The maximum atomic E-state index is 12.4. The SMILES string of the molecule is COc1ccc(CNC(=O)c2cc(C3=NOC(C#N)C3)nc(C)n2)cc1. The van der Waals surface area contributed by atoms with Gasteiger partial charge in [0.15, 0.2) is 0 Å². The Balaban J connectivity index is 1.70. The third-order valence-electron chi connectivity index (χ3n) is 3.79. The van der Waals surface area contributed by atoms with Crippen molar-refractivity contribution in [2.75, 3.05) is 7.11 Å². The molecule has 0 fully saturated rings. The van der Waals surface area contributed by atoms with Crippen molar-refractivity contribution in [1.82, 2.24) is 15.3 Å². The zero-order valence-corrected chi connectivity index (χ0v) is 14.4. The Morgan fingerprint density at radius 2 is 2.15 bits per heavy atom. The van der Waals surface area contributed by atoms with Crippen molar-refractivity contribution in [1.29, 1.82) is 5.26 Å². The van der Waals surface area contributed by atoms with Crippen molar-refractivity contribution in [2.24, 2.45) is 5.16 Å². The highest BCUT2D eigenvalue weighted by Gasteiger charge is 2.24. The molecule has 2 heterocycles. The van der Waals surface area contributed by atoms with Crippen LogP contribution in [-0.4, -0.2) is 34.8 Å². The second-order valence-electron chi connectivity index (χ2n) is 5.68. The van der Waals surface area contributed by atoms with Crippen LogP contribution in [0.4, 0.5) is 0 Å². The van der Waals surface area contributed by atoms with E-state index in [0.717, 1.165) is 11.3 Å². The lowest BCUT2D eigenvalue weighted by atomic mass is 10.1. The van der Waals surface area contributed by atoms with Crippen LogP contribution in [0, 0.1) is 18.3 Å². The van der Waals surface area contributed by atoms with Crippen molar-refractivity contribution >= 4 is 11.6 Å². The van der Waals surface area contributed by atoms with Crippen molar-refractivity contribution in [3.05, 3.63) is 53.1 Å². The molecule has 1 N–H and O–H groups in total. The number of benzene rings is 1. The molecule has 1 aromatic heterocycles. The molecule has 0 saturated carbocycles. The number of aromatic nitrogens is 2. The molecule has 1 atom stereocenters. The van der Waals surface area contributed by atoms with E-state index < -0.39 is 6.10 Å². The van der Waals surface area contributed by atoms with Gasteiger partial charge in [-0.3, -0.25) is 4.79 Å². The summed E-state index contributed by atoms with van der Waals surface area (Å²) in [4.78, 5) is 25.9. The van der Waals surface area contributed by atoms with E-state index in [1.165, 1.54) is 0 Å². The number of rotatable bonds is 5. The van der Waals surface area contributed by atoms with Crippen molar-refractivity contribution in [3.63, 3.8) is 0 Å². The van der Waals surface area contributed by atoms with E-state index in [-0.39, 0.29) is 11.6 Å². The first-order chi connectivity index (χ1) is 12.6.